The van der Waals surface area contributed by atoms with Gasteiger partial charge in [-0.25, -0.2) is 9.97 Å². The van der Waals surface area contributed by atoms with Gasteiger partial charge in [-0.2, -0.15) is 0 Å². The summed E-state index contributed by atoms with van der Waals surface area (Å²) in [6.45, 7) is 4.59. The summed E-state index contributed by atoms with van der Waals surface area (Å²) in [6, 6.07) is 0. The first-order valence-electron chi connectivity index (χ1n) is 5.22. The van der Waals surface area contributed by atoms with Crippen LogP contribution < -0.4 is 5.32 Å². The Bertz CT molecular complexity index is 580. The Labute approximate surface area is 109 Å². The van der Waals surface area contributed by atoms with E-state index in [1.54, 1.807) is 6.20 Å². The van der Waals surface area contributed by atoms with E-state index < -0.39 is 0 Å². The van der Waals surface area contributed by atoms with Gasteiger partial charge < -0.3 is 0 Å². The first-order chi connectivity index (χ1) is 8.02. The highest BCUT2D eigenvalue weighted by molar-refractivity contribution is 9.10. The molecule has 0 unspecified atom stereocenters. The van der Waals surface area contributed by atoms with E-state index in [0.717, 1.165) is 15.9 Å². The SMILES string of the molecule is C#CC(C)(C)NCc1cnc2cnc(Br)cn12. The highest BCUT2D eigenvalue weighted by Gasteiger charge is 2.13. The molecule has 0 saturated carbocycles. The number of nitrogens with zero attached hydrogens (tertiary/aromatic N) is 3. The van der Waals surface area contributed by atoms with Gasteiger partial charge in [0.15, 0.2) is 5.65 Å². The second-order valence-electron chi connectivity index (χ2n) is 4.31. The molecule has 0 saturated heterocycles. The minimum Gasteiger partial charge on any atom is -0.299 e. The van der Waals surface area contributed by atoms with Gasteiger partial charge in [0.25, 0.3) is 0 Å². The van der Waals surface area contributed by atoms with Gasteiger partial charge in [0.1, 0.15) is 4.60 Å². The molecular weight excluding hydrogens is 280 g/mol. The molecule has 0 aliphatic heterocycles. The maximum absolute atomic E-state index is 5.43. The second kappa shape index (κ2) is 4.47. The fourth-order valence-electron chi connectivity index (χ4n) is 1.41. The largest absolute Gasteiger partial charge is 0.299 e. The Kier molecular flexibility index (Phi) is 3.18. The number of halogens is 1. The highest BCUT2D eigenvalue weighted by Crippen LogP contribution is 2.11. The molecule has 5 heteroatoms. The van der Waals surface area contributed by atoms with E-state index in [9.17, 15) is 0 Å². The lowest BCUT2D eigenvalue weighted by Gasteiger charge is -2.19. The third kappa shape index (κ3) is 2.65. The van der Waals surface area contributed by atoms with Crippen molar-refractivity contribution in [3.05, 3.63) is 28.9 Å². The topological polar surface area (TPSA) is 42.2 Å². The number of fused-ring (bicyclic) bond motifs is 1. The molecule has 1 N–H and O–H groups in total. The van der Waals surface area contributed by atoms with Crippen molar-refractivity contribution < 1.29 is 0 Å². The van der Waals surface area contributed by atoms with E-state index in [2.05, 4.69) is 37.1 Å². The van der Waals surface area contributed by atoms with Crippen molar-refractivity contribution in [3.8, 4) is 12.3 Å². The Morgan fingerprint density at radius 3 is 2.94 bits per heavy atom. The number of hydrogen-bond donors (Lipinski definition) is 1. The first kappa shape index (κ1) is 12.1. The number of imidazole rings is 1. The van der Waals surface area contributed by atoms with E-state index in [1.165, 1.54) is 0 Å². The van der Waals surface area contributed by atoms with E-state index >= 15 is 0 Å². The molecule has 88 valence electrons. The Morgan fingerprint density at radius 2 is 2.24 bits per heavy atom. The molecule has 0 fully saturated rings. The van der Waals surface area contributed by atoms with Crippen molar-refractivity contribution >= 4 is 21.6 Å². The van der Waals surface area contributed by atoms with Crippen LogP contribution in [-0.2, 0) is 6.54 Å². The second-order valence-corrected chi connectivity index (χ2v) is 5.12. The molecule has 0 aromatic carbocycles. The molecule has 0 amide bonds. The molecule has 4 nitrogen and oxygen atoms in total. The molecule has 17 heavy (non-hydrogen) atoms. The van der Waals surface area contributed by atoms with Crippen LogP contribution in [-0.4, -0.2) is 19.9 Å². The molecule has 2 aromatic rings. The fraction of sp³-hybridized carbons (Fsp3) is 0.333. The number of nitrogens with one attached hydrogen (secondary N) is 1. The molecule has 2 rings (SSSR count). The van der Waals surface area contributed by atoms with Crippen LogP contribution in [0.4, 0.5) is 0 Å². The van der Waals surface area contributed by atoms with Gasteiger partial charge in [-0.3, -0.25) is 9.72 Å². The quantitative estimate of drug-likeness (QED) is 0.880. The predicted octanol–water partition coefficient (Wildman–Crippen LogP) is 1.99. The van der Waals surface area contributed by atoms with Gasteiger partial charge in [-0.15, -0.1) is 6.42 Å². The van der Waals surface area contributed by atoms with Crippen LogP contribution in [0.2, 0.25) is 0 Å². The number of aromatic nitrogens is 3. The van der Waals surface area contributed by atoms with Gasteiger partial charge in [-0.05, 0) is 29.8 Å². The molecule has 0 aliphatic rings. The molecule has 0 aliphatic carbocycles. The van der Waals surface area contributed by atoms with Gasteiger partial charge in [-0.1, -0.05) is 5.92 Å². The lowest BCUT2D eigenvalue weighted by molar-refractivity contribution is 0.485. The minimum atomic E-state index is -0.325. The highest BCUT2D eigenvalue weighted by atomic mass is 79.9. The minimum absolute atomic E-state index is 0.325. The molecule has 2 heterocycles. The van der Waals surface area contributed by atoms with E-state index in [0.29, 0.717) is 6.54 Å². The van der Waals surface area contributed by atoms with E-state index in [-0.39, 0.29) is 5.54 Å². The van der Waals surface area contributed by atoms with Crippen LogP contribution in [0.15, 0.2) is 23.2 Å². The molecule has 0 bridgehead atoms. The first-order valence-corrected chi connectivity index (χ1v) is 6.01. The maximum atomic E-state index is 5.43. The van der Waals surface area contributed by atoms with Crippen molar-refractivity contribution in [1.29, 1.82) is 0 Å². The summed E-state index contributed by atoms with van der Waals surface area (Å²) in [7, 11) is 0. The zero-order valence-corrected chi connectivity index (χ0v) is 11.3. The van der Waals surface area contributed by atoms with Gasteiger partial charge in [0.05, 0.1) is 23.6 Å². The van der Waals surface area contributed by atoms with Crippen LogP contribution in [0.3, 0.4) is 0 Å². The average molecular weight is 293 g/mol. The van der Waals surface area contributed by atoms with Gasteiger partial charge >= 0.3 is 0 Å². The normalized spacial score (nSPS) is 11.6. The zero-order chi connectivity index (χ0) is 12.5. The third-order valence-corrected chi connectivity index (χ3v) is 2.92. The Morgan fingerprint density at radius 1 is 1.47 bits per heavy atom. The van der Waals surface area contributed by atoms with Gasteiger partial charge in [0, 0.05) is 12.7 Å². The molecule has 0 atom stereocenters. The molecular formula is C12H13BrN4. The van der Waals surface area contributed by atoms with Crippen molar-refractivity contribution in [2.24, 2.45) is 0 Å². The fourth-order valence-corrected chi connectivity index (χ4v) is 1.72. The van der Waals surface area contributed by atoms with Gasteiger partial charge in [0.2, 0.25) is 0 Å². The number of terminal acetylenes is 1. The summed E-state index contributed by atoms with van der Waals surface area (Å²) in [4.78, 5) is 8.40. The number of rotatable bonds is 3. The monoisotopic (exact) mass is 292 g/mol. The molecule has 0 spiro atoms. The summed E-state index contributed by atoms with van der Waals surface area (Å²) < 4.78 is 2.76. The van der Waals surface area contributed by atoms with Crippen LogP contribution in [0, 0.1) is 12.3 Å². The summed E-state index contributed by atoms with van der Waals surface area (Å²) in [6.07, 6.45) is 10.9. The van der Waals surface area contributed by atoms with Crippen LogP contribution in [0.5, 0.6) is 0 Å². The van der Waals surface area contributed by atoms with E-state index in [4.69, 9.17) is 6.42 Å². The predicted molar refractivity (Wildman–Crippen MR) is 70.4 cm³/mol. The average Bonchev–Trinajstić information content (AvgIpc) is 2.69. The van der Waals surface area contributed by atoms with E-state index in [1.807, 2.05) is 30.6 Å². The number of hydrogen-bond acceptors (Lipinski definition) is 3. The molecule has 2 aromatic heterocycles. The lowest BCUT2D eigenvalue weighted by atomic mass is 10.1. The lowest BCUT2D eigenvalue weighted by Crippen LogP contribution is -2.37. The van der Waals surface area contributed by atoms with Crippen LogP contribution in [0.1, 0.15) is 19.5 Å². The van der Waals surface area contributed by atoms with Crippen molar-refractivity contribution in [3.63, 3.8) is 0 Å². The summed E-state index contributed by atoms with van der Waals surface area (Å²) >= 11 is 3.34. The smallest absolute Gasteiger partial charge is 0.155 e. The standard InChI is InChI=1S/C12H13BrN4/c1-4-12(2,3)16-6-9-5-15-11-7-14-10(13)8-17(9)11/h1,5,7-8,16H,6H2,2-3H3. The summed E-state index contributed by atoms with van der Waals surface area (Å²) in [5, 5.41) is 3.29. The summed E-state index contributed by atoms with van der Waals surface area (Å²) in [5.41, 5.74) is 1.55. The van der Waals surface area contributed by atoms with Crippen molar-refractivity contribution in [2.75, 3.05) is 0 Å². The summed E-state index contributed by atoms with van der Waals surface area (Å²) in [5.74, 6) is 2.70. The Hall–Kier alpha value is -1.38. The Balaban J connectivity index is 2.25. The van der Waals surface area contributed by atoms with Crippen LogP contribution in [0.25, 0.3) is 5.65 Å². The van der Waals surface area contributed by atoms with Crippen LogP contribution >= 0.6 is 15.9 Å². The molecule has 0 radical (unpaired) electrons. The zero-order valence-electron chi connectivity index (χ0n) is 9.74. The maximum Gasteiger partial charge on any atom is 0.155 e. The van der Waals surface area contributed by atoms with Crippen molar-refractivity contribution in [2.45, 2.75) is 25.9 Å². The third-order valence-electron chi connectivity index (χ3n) is 2.51. The van der Waals surface area contributed by atoms with Crippen molar-refractivity contribution in [1.82, 2.24) is 19.7 Å².